The Bertz CT molecular complexity index is 341. The van der Waals surface area contributed by atoms with Crippen LogP contribution in [0.3, 0.4) is 0 Å². The van der Waals surface area contributed by atoms with E-state index in [9.17, 15) is 0 Å². The van der Waals surface area contributed by atoms with Crippen molar-refractivity contribution in [1.82, 2.24) is 20.1 Å². The van der Waals surface area contributed by atoms with Crippen LogP contribution >= 0.6 is 0 Å². The molecule has 0 saturated carbocycles. The van der Waals surface area contributed by atoms with Gasteiger partial charge in [-0.25, -0.2) is 0 Å². The highest BCUT2D eigenvalue weighted by Gasteiger charge is 2.18. The van der Waals surface area contributed by atoms with Gasteiger partial charge in [-0.1, -0.05) is 6.07 Å². The topological polar surface area (TPSA) is 31.4 Å². The highest BCUT2D eigenvalue weighted by atomic mass is 15.2. The van der Waals surface area contributed by atoms with Crippen LogP contribution in [-0.4, -0.2) is 61.1 Å². The van der Waals surface area contributed by atoms with E-state index in [0.717, 1.165) is 38.4 Å². The summed E-state index contributed by atoms with van der Waals surface area (Å²) in [6, 6.07) is 6.77. The van der Waals surface area contributed by atoms with Gasteiger partial charge >= 0.3 is 0 Å². The fourth-order valence-electron chi connectivity index (χ4n) is 2.40. The van der Waals surface area contributed by atoms with E-state index in [4.69, 9.17) is 0 Å². The zero-order valence-corrected chi connectivity index (χ0v) is 11.5. The van der Waals surface area contributed by atoms with Crippen molar-refractivity contribution in [1.29, 1.82) is 0 Å². The van der Waals surface area contributed by atoms with Crippen LogP contribution in [0.2, 0.25) is 0 Å². The van der Waals surface area contributed by atoms with Crippen molar-refractivity contribution in [3.05, 3.63) is 30.1 Å². The lowest BCUT2D eigenvalue weighted by Gasteiger charge is -2.34. The van der Waals surface area contributed by atoms with Gasteiger partial charge in [0.25, 0.3) is 0 Å². The molecule has 1 aromatic rings. The maximum atomic E-state index is 4.36. The monoisotopic (exact) mass is 248 g/mol. The van der Waals surface area contributed by atoms with Crippen molar-refractivity contribution < 1.29 is 0 Å². The summed E-state index contributed by atoms with van der Waals surface area (Å²) in [6.45, 7) is 5.46. The molecule has 1 aliphatic rings. The molecule has 4 nitrogen and oxygen atoms in total. The molecule has 2 rings (SSSR count). The number of nitrogens with zero attached hydrogens (tertiary/aromatic N) is 3. The zero-order valence-electron chi connectivity index (χ0n) is 11.5. The molecule has 1 aliphatic heterocycles. The number of hydrogen-bond donors (Lipinski definition) is 1. The van der Waals surface area contributed by atoms with Gasteiger partial charge in [-0.2, -0.15) is 0 Å². The fourth-order valence-corrected chi connectivity index (χ4v) is 2.40. The number of likely N-dealkylation sites (N-methyl/N-ethyl adjacent to an activating group) is 1. The van der Waals surface area contributed by atoms with E-state index in [0.29, 0.717) is 6.04 Å². The predicted octanol–water partition coefficient (Wildman–Crippen LogP) is 0.807. The largest absolute Gasteiger partial charge is 0.314 e. The van der Waals surface area contributed by atoms with Gasteiger partial charge < -0.3 is 15.1 Å². The quantitative estimate of drug-likeness (QED) is 0.835. The second-order valence-electron chi connectivity index (χ2n) is 5.19. The Morgan fingerprint density at radius 1 is 1.50 bits per heavy atom. The van der Waals surface area contributed by atoms with Crippen LogP contribution in [0, 0.1) is 0 Å². The molecular formula is C14H24N4. The van der Waals surface area contributed by atoms with E-state index in [-0.39, 0.29) is 0 Å². The number of pyridine rings is 1. The number of hydrogen-bond acceptors (Lipinski definition) is 4. The first-order valence-corrected chi connectivity index (χ1v) is 6.75. The van der Waals surface area contributed by atoms with Gasteiger partial charge in [0.15, 0.2) is 0 Å². The summed E-state index contributed by atoms with van der Waals surface area (Å²) in [4.78, 5) is 9.18. The second-order valence-corrected chi connectivity index (χ2v) is 5.19. The standard InChI is InChI=1S/C14H24N4/c1-17(12-13-5-3-4-7-16-13)9-6-14-11-15-8-10-18(14)2/h3-5,7,14-15H,6,8-12H2,1-2H3. The molecule has 0 aliphatic carbocycles. The summed E-state index contributed by atoms with van der Waals surface area (Å²) in [6.07, 6.45) is 3.08. The van der Waals surface area contributed by atoms with Crippen LogP contribution in [0.4, 0.5) is 0 Å². The van der Waals surface area contributed by atoms with Crippen molar-refractivity contribution in [3.63, 3.8) is 0 Å². The summed E-state index contributed by atoms with van der Waals surface area (Å²) >= 11 is 0. The molecule has 0 radical (unpaired) electrons. The SMILES string of the molecule is CN(CCC1CNCCN1C)Cc1ccccn1. The molecule has 1 aromatic heterocycles. The first kappa shape index (κ1) is 13.5. The minimum Gasteiger partial charge on any atom is -0.314 e. The van der Waals surface area contributed by atoms with Crippen molar-refractivity contribution in [2.75, 3.05) is 40.3 Å². The van der Waals surface area contributed by atoms with Crippen LogP contribution < -0.4 is 5.32 Å². The third-order valence-electron chi connectivity index (χ3n) is 3.65. The fraction of sp³-hybridized carbons (Fsp3) is 0.643. The summed E-state index contributed by atoms with van der Waals surface area (Å²) < 4.78 is 0. The summed E-state index contributed by atoms with van der Waals surface area (Å²) in [5.41, 5.74) is 1.15. The Labute approximate surface area is 110 Å². The lowest BCUT2D eigenvalue weighted by atomic mass is 10.1. The van der Waals surface area contributed by atoms with E-state index < -0.39 is 0 Å². The molecule has 4 heteroatoms. The Kier molecular flexibility index (Phi) is 5.11. The van der Waals surface area contributed by atoms with Gasteiger partial charge in [-0.05, 0) is 39.2 Å². The van der Waals surface area contributed by atoms with Gasteiger partial charge in [-0.15, -0.1) is 0 Å². The molecule has 2 heterocycles. The molecule has 1 atom stereocenters. The lowest BCUT2D eigenvalue weighted by Crippen LogP contribution is -2.50. The normalized spacial score (nSPS) is 21.4. The van der Waals surface area contributed by atoms with E-state index >= 15 is 0 Å². The van der Waals surface area contributed by atoms with Crippen molar-refractivity contribution in [2.45, 2.75) is 19.0 Å². The van der Waals surface area contributed by atoms with E-state index in [1.165, 1.54) is 6.42 Å². The first-order chi connectivity index (χ1) is 8.75. The van der Waals surface area contributed by atoms with E-state index in [1.807, 2.05) is 12.3 Å². The molecule has 18 heavy (non-hydrogen) atoms. The average Bonchev–Trinajstić information content (AvgIpc) is 2.39. The molecule has 0 amide bonds. The number of rotatable bonds is 5. The van der Waals surface area contributed by atoms with Gasteiger partial charge in [0, 0.05) is 38.4 Å². The minimum absolute atomic E-state index is 0.671. The smallest absolute Gasteiger partial charge is 0.0543 e. The van der Waals surface area contributed by atoms with Crippen molar-refractivity contribution in [3.8, 4) is 0 Å². The molecule has 1 fully saturated rings. The second kappa shape index (κ2) is 6.83. The van der Waals surface area contributed by atoms with Gasteiger partial charge in [0.1, 0.15) is 0 Å². The van der Waals surface area contributed by atoms with E-state index in [2.05, 4.69) is 46.3 Å². The van der Waals surface area contributed by atoms with Crippen molar-refractivity contribution in [2.24, 2.45) is 0 Å². The van der Waals surface area contributed by atoms with Crippen LogP contribution in [-0.2, 0) is 6.54 Å². The number of piperazine rings is 1. The number of nitrogens with one attached hydrogen (secondary N) is 1. The maximum absolute atomic E-state index is 4.36. The Balaban J connectivity index is 1.72. The Morgan fingerprint density at radius 3 is 3.11 bits per heavy atom. The highest BCUT2D eigenvalue weighted by molar-refractivity contribution is 5.03. The molecule has 0 spiro atoms. The summed E-state index contributed by atoms with van der Waals surface area (Å²) in [5, 5.41) is 3.47. The Morgan fingerprint density at radius 2 is 2.39 bits per heavy atom. The third kappa shape index (κ3) is 4.05. The number of aromatic nitrogens is 1. The highest BCUT2D eigenvalue weighted by Crippen LogP contribution is 2.07. The van der Waals surface area contributed by atoms with Crippen molar-refractivity contribution >= 4 is 0 Å². The molecule has 1 saturated heterocycles. The average molecular weight is 248 g/mol. The molecule has 1 unspecified atom stereocenters. The summed E-state index contributed by atoms with van der Waals surface area (Å²) in [7, 11) is 4.40. The van der Waals surface area contributed by atoms with Gasteiger partial charge in [0.2, 0.25) is 0 Å². The van der Waals surface area contributed by atoms with Gasteiger partial charge in [0.05, 0.1) is 5.69 Å². The predicted molar refractivity (Wildman–Crippen MR) is 74.5 cm³/mol. The van der Waals surface area contributed by atoms with E-state index in [1.54, 1.807) is 0 Å². The lowest BCUT2D eigenvalue weighted by molar-refractivity contribution is 0.171. The van der Waals surface area contributed by atoms with Crippen LogP contribution in [0.5, 0.6) is 0 Å². The molecule has 1 N–H and O–H groups in total. The van der Waals surface area contributed by atoms with Crippen LogP contribution in [0.25, 0.3) is 0 Å². The molecular weight excluding hydrogens is 224 g/mol. The van der Waals surface area contributed by atoms with Crippen LogP contribution in [0.15, 0.2) is 24.4 Å². The van der Waals surface area contributed by atoms with Gasteiger partial charge in [-0.3, -0.25) is 4.98 Å². The Hall–Kier alpha value is -0.970. The zero-order chi connectivity index (χ0) is 12.8. The molecule has 100 valence electrons. The minimum atomic E-state index is 0.671. The maximum Gasteiger partial charge on any atom is 0.0543 e. The third-order valence-corrected chi connectivity index (χ3v) is 3.65. The summed E-state index contributed by atoms with van der Waals surface area (Å²) in [5.74, 6) is 0. The molecule has 0 bridgehead atoms. The van der Waals surface area contributed by atoms with Crippen LogP contribution in [0.1, 0.15) is 12.1 Å². The first-order valence-electron chi connectivity index (χ1n) is 6.75. The molecule has 0 aromatic carbocycles.